The van der Waals surface area contributed by atoms with Crippen LogP contribution in [0.15, 0.2) is 6.20 Å². The fourth-order valence-corrected chi connectivity index (χ4v) is 3.00. The molecule has 0 radical (unpaired) electrons. The first kappa shape index (κ1) is 14.4. The predicted molar refractivity (Wildman–Crippen MR) is 76.7 cm³/mol. The van der Waals surface area contributed by atoms with Gasteiger partial charge in [-0.05, 0) is 19.1 Å². The van der Waals surface area contributed by atoms with Gasteiger partial charge in [-0.1, -0.05) is 6.92 Å². The highest BCUT2D eigenvalue weighted by molar-refractivity contribution is 7.98. The zero-order valence-electron chi connectivity index (χ0n) is 11.4. The van der Waals surface area contributed by atoms with Gasteiger partial charge in [0.25, 0.3) is 5.91 Å². The summed E-state index contributed by atoms with van der Waals surface area (Å²) in [5, 5.41) is 10.0. The van der Waals surface area contributed by atoms with Crippen molar-refractivity contribution in [3.05, 3.63) is 17.5 Å². The number of hydrogen-bond acceptors (Lipinski definition) is 4. The van der Waals surface area contributed by atoms with Crippen LogP contribution in [0.2, 0.25) is 0 Å². The second-order valence-electron chi connectivity index (χ2n) is 4.79. The molecule has 1 saturated heterocycles. The lowest BCUT2D eigenvalue weighted by Crippen LogP contribution is -2.36. The molecule has 1 aromatic rings. The van der Waals surface area contributed by atoms with E-state index in [0.29, 0.717) is 12.2 Å². The van der Waals surface area contributed by atoms with Crippen LogP contribution in [0.4, 0.5) is 0 Å². The Bertz CT molecular complexity index is 416. The summed E-state index contributed by atoms with van der Waals surface area (Å²) in [6.45, 7) is 3.52. The summed E-state index contributed by atoms with van der Waals surface area (Å²) in [5.74, 6) is 1.17. The number of thioether (sulfide) groups is 1. The summed E-state index contributed by atoms with van der Waals surface area (Å²) in [4.78, 5) is 12.3. The van der Waals surface area contributed by atoms with E-state index in [9.17, 15) is 4.79 Å². The second kappa shape index (κ2) is 6.96. The van der Waals surface area contributed by atoms with Crippen LogP contribution in [-0.2, 0) is 4.74 Å². The number of carbonyl (C=O) groups excluding carboxylic acids is 1. The van der Waals surface area contributed by atoms with E-state index in [0.717, 1.165) is 30.9 Å². The zero-order chi connectivity index (χ0) is 13.7. The molecular formula is C13H21N3O2S. The Balaban J connectivity index is 2.04. The average Bonchev–Trinajstić information content (AvgIpc) is 3.07. The first-order chi connectivity index (χ1) is 9.26. The molecule has 0 saturated carbocycles. The quantitative estimate of drug-likeness (QED) is 0.835. The summed E-state index contributed by atoms with van der Waals surface area (Å²) >= 11 is 1.74. The molecule has 1 aliphatic heterocycles. The summed E-state index contributed by atoms with van der Waals surface area (Å²) in [6, 6.07) is 0.213. The Labute approximate surface area is 117 Å². The standard InChI is InChI=1S/C13H21N3O2S/c1-3-10(8-19-2)15-13(17)11-6-14-16-12(11)9-4-5-18-7-9/h6,9-10H,3-5,7-8H2,1-2H3,(H,14,16)(H,15,17). The van der Waals surface area contributed by atoms with Gasteiger partial charge in [0.05, 0.1) is 24.1 Å². The van der Waals surface area contributed by atoms with Crippen LogP contribution in [0, 0.1) is 0 Å². The molecule has 6 heteroatoms. The smallest absolute Gasteiger partial charge is 0.255 e. The van der Waals surface area contributed by atoms with Crippen LogP contribution in [-0.4, -0.2) is 47.4 Å². The molecule has 1 amide bonds. The van der Waals surface area contributed by atoms with Crippen molar-refractivity contribution < 1.29 is 9.53 Å². The Hall–Kier alpha value is -1.01. The highest BCUT2D eigenvalue weighted by Gasteiger charge is 2.25. The molecule has 1 aromatic heterocycles. The summed E-state index contributed by atoms with van der Waals surface area (Å²) in [7, 11) is 0. The highest BCUT2D eigenvalue weighted by atomic mass is 32.2. The minimum atomic E-state index is -0.0310. The van der Waals surface area contributed by atoms with E-state index in [4.69, 9.17) is 4.74 Å². The average molecular weight is 283 g/mol. The van der Waals surface area contributed by atoms with Gasteiger partial charge < -0.3 is 10.1 Å². The molecule has 0 spiro atoms. The fraction of sp³-hybridized carbons (Fsp3) is 0.692. The van der Waals surface area contributed by atoms with Crippen molar-refractivity contribution in [2.24, 2.45) is 0 Å². The molecule has 0 bridgehead atoms. The third kappa shape index (κ3) is 3.51. The fourth-order valence-electron chi connectivity index (χ4n) is 2.28. The molecule has 2 heterocycles. The Morgan fingerprint density at radius 1 is 1.74 bits per heavy atom. The molecule has 2 rings (SSSR count). The van der Waals surface area contributed by atoms with Crippen LogP contribution >= 0.6 is 11.8 Å². The normalized spacial score (nSPS) is 20.4. The van der Waals surface area contributed by atoms with Crippen LogP contribution in [0.3, 0.4) is 0 Å². The summed E-state index contributed by atoms with van der Waals surface area (Å²) in [5.41, 5.74) is 1.57. The first-order valence-corrected chi connectivity index (χ1v) is 8.06. The van der Waals surface area contributed by atoms with Crippen LogP contribution in [0.1, 0.15) is 41.7 Å². The van der Waals surface area contributed by atoms with Gasteiger partial charge in [0.2, 0.25) is 0 Å². The Morgan fingerprint density at radius 3 is 3.21 bits per heavy atom. The Morgan fingerprint density at radius 2 is 2.58 bits per heavy atom. The number of amides is 1. The van der Waals surface area contributed by atoms with Gasteiger partial charge in [0, 0.05) is 24.3 Å². The van der Waals surface area contributed by atoms with Gasteiger partial charge in [0.1, 0.15) is 0 Å². The molecule has 0 aromatic carbocycles. The van der Waals surface area contributed by atoms with E-state index in [2.05, 4.69) is 22.4 Å². The number of carbonyl (C=O) groups is 1. The lowest BCUT2D eigenvalue weighted by atomic mass is 10.0. The first-order valence-electron chi connectivity index (χ1n) is 6.67. The van der Waals surface area contributed by atoms with Gasteiger partial charge >= 0.3 is 0 Å². The van der Waals surface area contributed by atoms with E-state index >= 15 is 0 Å². The molecule has 0 aliphatic carbocycles. The minimum Gasteiger partial charge on any atom is -0.381 e. The lowest BCUT2D eigenvalue weighted by molar-refractivity contribution is 0.0938. The van der Waals surface area contributed by atoms with Crippen LogP contribution in [0.5, 0.6) is 0 Å². The van der Waals surface area contributed by atoms with Gasteiger partial charge in [-0.25, -0.2) is 0 Å². The van der Waals surface area contributed by atoms with Gasteiger partial charge in [-0.15, -0.1) is 0 Å². The molecule has 2 atom stereocenters. The minimum absolute atomic E-state index is 0.0310. The van der Waals surface area contributed by atoms with E-state index in [-0.39, 0.29) is 17.9 Å². The maximum absolute atomic E-state index is 12.3. The number of hydrogen-bond donors (Lipinski definition) is 2. The second-order valence-corrected chi connectivity index (χ2v) is 5.70. The molecule has 2 N–H and O–H groups in total. The zero-order valence-corrected chi connectivity index (χ0v) is 12.3. The SMILES string of the molecule is CCC(CSC)NC(=O)c1cn[nH]c1C1CCOC1. The monoisotopic (exact) mass is 283 g/mol. The number of nitrogens with one attached hydrogen (secondary N) is 2. The summed E-state index contributed by atoms with van der Waals surface area (Å²) < 4.78 is 5.37. The number of ether oxygens (including phenoxy) is 1. The number of nitrogens with zero attached hydrogens (tertiary/aromatic N) is 1. The molecule has 1 fully saturated rings. The van der Waals surface area contributed by atoms with Crippen LogP contribution < -0.4 is 5.32 Å². The summed E-state index contributed by atoms with van der Waals surface area (Å²) in [6.07, 6.45) is 5.56. The van der Waals surface area contributed by atoms with Crippen molar-refractivity contribution in [1.29, 1.82) is 0 Å². The van der Waals surface area contributed by atoms with Crippen molar-refractivity contribution in [2.45, 2.75) is 31.7 Å². The number of aromatic amines is 1. The van der Waals surface area contributed by atoms with Crippen LogP contribution in [0.25, 0.3) is 0 Å². The van der Waals surface area contributed by atoms with Crippen molar-refractivity contribution in [1.82, 2.24) is 15.5 Å². The predicted octanol–water partition coefficient (Wildman–Crippen LogP) is 1.78. The van der Waals surface area contributed by atoms with E-state index < -0.39 is 0 Å². The maximum atomic E-state index is 12.3. The van der Waals surface area contributed by atoms with E-state index in [1.807, 2.05) is 6.26 Å². The number of aromatic nitrogens is 2. The maximum Gasteiger partial charge on any atom is 0.255 e. The van der Waals surface area contributed by atoms with E-state index in [1.54, 1.807) is 18.0 Å². The van der Waals surface area contributed by atoms with Crippen molar-refractivity contribution in [3.63, 3.8) is 0 Å². The van der Waals surface area contributed by atoms with E-state index in [1.165, 1.54) is 0 Å². The molecule has 5 nitrogen and oxygen atoms in total. The van der Waals surface area contributed by atoms with Gasteiger partial charge in [0.15, 0.2) is 0 Å². The third-order valence-corrected chi connectivity index (χ3v) is 4.18. The van der Waals surface area contributed by atoms with Crippen molar-refractivity contribution in [2.75, 3.05) is 25.2 Å². The topological polar surface area (TPSA) is 67.0 Å². The van der Waals surface area contributed by atoms with Crippen molar-refractivity contribution >= 4 is 17.7 Å². The highest BCUT2D eigenvalue weighted by Crippen LogP contribution is 2.26. The Kier molecular flexibility index (Phi) is 5.27. The lowest BCUT2D eigenvalue weighted by Gasteiger charge is -2.16. The molecule has 106 valence electrons. The van der Waals surface area contributed by atoms with Crippen molar-refractivity contribution in [3.8, 4) is 0 Å². The van der Waals surface area contributed by atoms with Gasteiger partial charge in [-0.2, -0.15) is 16.9 Å². The number of H-pyrrole nitrogens is 1. The molecule has 2 unspecified atom stereocenters. The molecule has 1 aliphatic rings. The van der Waals surface area contributed by atoms with Gasteiger partial charge in [-0.3, -0.25) is 9.89 Å². The number of rotatable bonds is 6. The largest absolute Gasteiger partial charge is 0.381 e. The third-order valence-electron chi connectivity index (χ3n) is 3.45. The molecular weight excluding hydrogens is 262 g/mol. The molecule has 19 heavy (non-hydrogen) atoms.